The molecule has 0 spiro atoms. The second-order valence-electron chi connectivity index (χ2n) is 5.76. The smallest absolute Gasteiger partial charge is 0.277 e. The van der Waals surface area contributed by atoms with E-state index in [1.807, 2.05) is 6.07 Å². The van der Waals surface area contributed by atoms with Crippen LogP contribution in [-0.4, -0.2) is 20.7 Å². The first-order valence-corrected chi connectivity index (χ1v) is 8.46. The van der Waals surface area contributed by atoms with Gasteiger partial charge < -0.3 is 10.1 Å². The number of anilines is 1. The summed E-state index contributed by atoms with van der Waals surface area (Å²) < 4.78 is 6.70. The molecule has 2 heterocycles. The second kappa shape index (κ2) is 8.33. The predicted molar refractivity (Wildman–Crippen MR) is 102 cm³/mol. The third kappa shape index (κ3) is 4.72. The number of nitriles is 1. The minimum absolute atomic E-state index is 0.102. The number of aryl methyl sites for hydroxylation is 1. The van der Waals surface area contributed by atoms with E-state index in [-0.39, 0.29) is 17.9 Å². The third-order valence-electron chi connectivity index (χ3n) is 3.67. The number of ether oxygens (including phenoxy) is 1. The maximum atomic E-state index is 12.2. The van der Waals surface area contributed by atoms with Gasteiger partial charge in [-0.05, 0) is 30.3 Å². The highest BCUT2D eigenvalue weighted by molar-refractivity contribution is 6.30. The lowest BCUT2D eigenvalue weighted by Gasteiger charge is -2.08. The molecule has 0 saturated heterocycles. The average Bonchev–Trinajstić information content (AvgIpc) is 2.69. The van der Waals surface area contributed by atoms with Crippen LogP contribution in [0.1, 0.15) is 21.6 Å². The van der Waals surface area contributed by atoms with E-state index in [0.29, 0.717) is 22.2 Å². The van der Waals surface area contributed by atoms with Crippen LogP contribution in [-0.2, 0) is 13.7 Å². The number of carbonyl (C=O) groups is 1. The number of hydrogen-bond donors (Lipinski definition) is 1. The van der Waals surface area contributed by atoms with Crippen molar-refractivity contribution >= 4 is 23.3 Å². The Labute approximate surface area is 165 Å². The van der Waals surface area contributed by atoms with Crippen LogP contribution in [0.3, 0.4) is 0 Å². The molecule has 0 aliphatic carbocycles. The van der Waals surface area contributed by atoms with Gasteiger partial charge >= 0.3 is 0 Å². The van der Waals surface area contributed by atoms with Crippen LogP contribution in [0, 0.1) is 11.3 Å². The molecule has 0 aliphatic rings. The van der Waals surface area contributed by atoms with E-state index < -0.39 is 5.91 Å². The monoisotopic (exact) mass is 395 g/mol. The molecule has 0 bridgehead atoms. The van der Waals surface area contributed by atoms with E-state index in [0.717, 1.165) is 10.2 Å². The molecule has 0 fully saturated rings. The summed E-state index contributed by atoms with van der Waals surface area (Å²) >= 11 is 5.94. The Morgan fingerprint density at radius 3 is 2.79 bits per heavy atom. The summed E-state index contributed by atoms with van der Waals surface area (Å²) in [6, 6.07) is 12.7. The fraction of sp³-hybridized carbons (Fsp3) is 0.105. The molecule has 0 unspecified atom stereocenters. The Kier molecular flexibility index (Phi) is 5.67. The van der Waals surface area contributed by atoms with Crippen molar-refractivity contribution in [1.29, 1.82) is 5.26 Å². The molecular formula is C19H14ClN5O3. The summed E-state index contributed by atoms with van der Waals surface area (Å²) in [6.07, 6.45) is 1.56. The summed E-state index contributed by atoms with van der Waals surface area (Å²) in [5.41, 5.74) is 0.966. The number of pyridine rings is 1. The van der Waals surface area contributed by atoms with Crippen LogP contribution in [0.15, 0.2) is 53.5 Å². The number of hydrogen-bond acceptors (Lipinski definition) is 6. The second-order valence-corrected chi connectivity index (χ2v) is 6.20. The normalized spacial score (nSPS) is 10.2. The number of amides is 1. The lowest BCUT2D eigenvalue weighted by atomic mass is 10.2. The minimum atomic E-state index is -0.477. The van der Waals surface area contributed by atoms with E-state index in [2.05, 4.69) is 15.4 Å². The van der Waals surface area contributed by atoms with Crippen LogP contribution in [0.25, 0.3) is 0 Å². The van der Waals surface area contributed by atoms with E-state index in [9.17, 15) is 9.59 Å². The number of rotatable bonds is 5. The molecule has 0 aliphatic heterocycles. The minimum Gasteiger partial charge on any atom is -0.489 e. The first kappa shape index (κ1) is 19.1. The van der Waals surface area contributed by atoms with Crippen LogP contribution < -0.4 is 15.6 Å². The SMILES string of the molecule is Cn1nc(C(=O)Nc2ccc(COc3cc(Cl)cc(C#N)c3)cn2)ccc1=O. The molecule has 140 valence electrons. The van der Waals surface area contributed by atoms with Crippen LogP contribution in [0.4, 0.5) is 5.82 Å². The zero-order chi connectivity index (χ0) is 20.1. The van der Waals surface area contributed by atoms with Gasteiger partial charge in [-0.2, -0.15) is 10.4 Å². The predicted octanol–water partition coefficient (Wildman–Crippen LogP) is 2.53. The van der Waals surface area contributed by atoms with Gasteiger partial charge in [-0.15, -0.1) is 0 Å². The first-order chi connectivity index (χ1) is 13.4. The van der Waals surface area contributed by atoms with Gasteiger partial charge in [0.05, 0.1) is 11.6 Å². The maximum Gasteiger partial charge on any atom is 0.277 e. The number of nitrogens with one attached hydrogen (secondary N) is 1. The van der Waals surface area contributed by atoms with Crippen molar-refractivity contribution in [2.75, 3.05) is 5.32 Å². The summed E-state index contributed by atoms with van der Waals surface area (Å²) in [5.74, 6) is 0.330. The molecule has 1 amide bonds. The highest BCUT2D eigenvalue weighted by Gasteiger charge is 2.10. The van der Waals surface area contributed by atoms with Gasteiger partial charge in [0.15, 0.2) is 0 Å². The Morgan fingerprint density at radius 1 is 1.29 bits per heavy atom. The van der Waals surface area contributed by atoms with Crippen molar-refractivity contribution in [1.82, 2.24) is 14.8 Å². The zero-order valence-electron chi connectivity index (χ0n) is 14.7. The molecule has 3 rings (SSSR count). The van der Waals surface area contributed by atoms with Gasteiger partial charge in [0, 0.05) is 29.9 Å². The summed E-state index contributed by atoms with van der Waals surface area (Å²) in [6.45, 7) is 0.217. The Balaban J connectivity index is 1.62. The fourth-order valence-electron chi connectivity index (χ4n) is 2.26. The quantitative estimate of drug-likeness (QED) is 0.710. The van der Waals surface area contributed by atoms with E-state index in [1.54, 1.807) is 36.5 Å². The summed E-state index contributed by atoms with van der Waals surface area (Å²) in [7, 11) is 1.46. The molecule has 3 aromatic rings. The standard InChI is InChI=1S/C19H14ClN5O3/c1-25-18(26)5-3-16(24-25)19(27)23-17-4-2-12(10-22-17)11-28-15-7-13(9-21)6-14(20)8-15/h2-8,10H,11H2,1H3,(H,22,23,27). The Morgan fingerprint density at radius 2 is 2.11 bits per heavy atom. The largest absolute Gasteiger partial charge is 0.489 e. The van der Waals surface area contributed by atoms with E-state index in [1.165, 1.54) is 19.2 Å². The zero-order valence-corrected chi connectivity index (χ0v) is 15.5. The molecule has 0 atom stereocenters. The molecule has 9 heteroatoms. The van der Waals surface area contributed by atoms with Gasteiger partial charge in [-0.1, -0.05) is 17.7 Å². The number of carbonyl (C=O) groups excluding carboxylic acids is 1. The van der Waals surface area contributed by atoms with Crippen molar-refractivity contribution in [3.63, 3.8) is 0 Å². The van der Waals surface area contributed by atoms with Crippen LogP contribution >= 0.6 is 11.6 Å². The summed E-state index contributed by atoms with van der Waals surface area (Å²) in [4.78, 5) is 27.7. The van der Waals surface area contributed by atoms with Crippen LogP contribution in [0.5, 0.6) is 5.75 Å². The molecule has 2 aromatic heterocycles. The van der Waals surface area contributed by atoms with Crippen molar-refractivity contribution in [2.24, 2.45) is 7.05 Å². The van der Waals surface area contributed by atoms with E-state index >= 15 is 0 Å². The van der Waals surface area contributed by atoms with Crippen molar-refractivity contribution in [2.45, 2.75) is 6.61 Å². The first-order valence-electron chi connectivity index (χ1n) is 8.09. The highest BCUT2D eigenvalue weighted by atomic mass is 35.5. The molecule has 0 saturated carbocycles. The summed E-state index contributed by atoms with van der Waals surface area (Å²) in [5, 5.41) is 15.9. The van der Waals surface area contributed by atoms with Gasteiger partial charge in [0.25, 0.3) is 11.5 Å². The molecule has 0 radical (unpaired) electrons. The van der Waals surface area contributed by atoms with Gasteiger partial charge in [0.2, 0.25) is 0 Å². The highest BCUT2D eigenvalue weighted by Crippen LogP contribution is 2.21. The van der Waals surface area contributed by atoms with Gasteiger partial charge in [-0.25, -0.2) is 9.67 Å². The lowest BCUT2D eigenvalue weighted by molar-refractivity contribution is 0.101. The number of nitrogens with zero attached hydrogens (tertiary/aromatic N) is 4. The Bertz CT molecular complexity index is 1120. The fourth-order valence-corrected chi connectivity index (χ4v) is 2.49. The van der Waals surface area contributed by atoms with E-state index in [4.69, 9.17) is 21.6 Å². The topological polar surface area (TPSA) is 110 Å². The van der Waals surface area contributed by atoms with Crippen molar-refractivity contribution in [3.8, 4) is 11.8 Å². The number of halogens is 1. The molecular weight excluding hydrogens is 382 g/mol. The molecule has 28 heavy (non-hydrogen) atoms. The lowest BCUT2D eigenvalue weighted by Crippen LogP contribution is -2.23. The third-order valence-corrected chi connectivity index (χ3v) is 3.88. The molecule has 8 nitrogen and oxygen atoms in total. The number of aromatic nitrogens is 3. The van der Waals surface area contributed by atoms with Crippen molar-refractivity contribution < 1.29 is 9.53 Å². The van der Waals surface area contributed by atoms with Gasteiger partial charge in [-0.3, -0.25) is 9.59 Å². The van der Waals surface area contributed by atoms with Gasteiger partial charge in [0.1, 0.15) is 23.9 Å². The molecule has 1 aromatic carbocycles. The van der Waals surface area contributed by atoms with Crippen LogP contribution in [0.2, 0.25) is 5.02 Å². The average molecular weight is 396 g/mol. The molecule has 1 N–H and O–H groups in total. The maximum absolute atomic E-state index is 12.2. The number of benzene rings is 1. The Hall–Kier alpha value is -3.70. The van der Waals surface area contributed by atoms with Crippen molar-refractivity contribution in [3.05, 3.63) is 80.9 Å².